The van der Waals surface area contributed by atoms with E-state index in [1.807, 2.05) is 0 Å². The molecule has 1 aromatic rings. The molecule has 0 aromatic carbocycles. The molecule has 0 spiro atoms. The Kier molecular flexibility index (Phi) is 3.08. The molecule has 0 bridgehead atoms. The SMILES string of the molecule is NC(Cc1ccc(F)nc1F)C(=O)O. The highest BCUT2D eigenvalue weighted by molar-refractivity contribution is 5.73. The average molecular weight is 202 g/mol. The molecule has 0 aliphatic carbocycles. The number of halogens is 2. The van der Waals surface area contributed by atoms with E-state index < -0.39 is 23.9 Å². The van der Waals surface area contributed by atoms with Crippen LogP contribution < -0.4 is 5.73 Å². The van der Waals surface area contributed by atoms with Crippen LogP contribution in [0.15, 0.2) is 12.1 Å². The Morgan fingerprint density at radius 1 is 1.57 bits per heavy atom. The van der Waals surface area contributed by atoms with Crippen LogP contribution in [0.3, 0.4) is 0 Å². The lowest BCUT2D eigenvalue weighted by Crippen LogP contribution is -2.32. The first kappa shape index (κ1) is 10.5. The normalized spacial score (nSPS) is 12.5. The van der Waals surface area contributed by atoms with Crippen molar-refractivity contribution in [2.45, 2.75) is 12.5 Å². The fourth-order valence-electron chi connectivity index (χ4n) is 0.917. The maximum atomic E-state index is 12.9. The minimum absolute atomic E-state index is 0.0127. The predicted octanol–water partition coefficient (Wildman–Crippen LogP) is 0.314. The maximum absolute atomic E-state index is 12.9. The molecule has 1 rings (SSSR count). The number of aliphatic carboxylic acids is 1. The van der Waals surface area contributed by atoms with Gasteiger partial charge >= 0.3 is 5.97 Å². The molecule has 1 atom stereocenters. The van der Waals surface area contributed by atoms with Gasteiger partial charge in [-0.1, -0.05) is 0 Å². The van der Waals surface area contributed by atoms with Gasteiger partial charge in [0.05, 0.1) is 0 Å². The second-order valence-electron chi connectivity index (χ2n) is 2.73. The third kappa shape index (κ3) is 2.46. The zero-order chi connectivity index (χ0) is 10.7. The van der Waals surface area contributed by atoms with Crippen LogP contribution in [-0.4, -0.2) is 22.1 Å². The van der Waals surface area contributed by atoms with E-state index in [1.165, 1.54) is 0 Å². The molecular formula is C8H8F2N2O2. The molecule has 3 N–H and O–H groups in total. The second-order valence-corrected chi connectivity index (χ2v) is 2.73. The Hall–Kier alpha value is -1.56. The summed E-state index contributed by atoms with van der Waals surface area (Å²) in [7, 11) is 0. The van der Waals surface area contributed by atoms with Gasteiger partial charge in [0, 0.05) is 12.0 Å². The number of nitrogens with zero attached hydrogens (tertiary/aromatic N) is 1. The summed E-state index contributed by atoms with van der Waals surface area (Å²) < 4.78 is 25.2. The van der Waals surface area contributed by atoms with Crippen LogP contribution in [0.2, 0.25) is 0 Å². The topological polar surface area (TPSA) is 76.2 Å². The van der Waals surface area contributed by atoms with Gasteiger partial charge in [-0.25, -0.2) is 0 Å². The van der Waals surface area contributed by atoms with E-state index in [9.17, 15) is 13.6 Å². The summed E-state index contributed by atoms with van der Waals surface area (Å²) in [6.07, 6.45) is -0.214. The van der Waals surface area contributed by atoms with Crippen LogP contribution in [0.25, 0.3) is 0 Å². The molecule has 4 nitrogen and oxygen atoms in total. The molecular weight excluding hydrogens is 194 g/mol. The second kappa shape index (κ2) is 4.10. The number of nitrogens with two attached hydrogens (primary N) is 1. The monoisotopic (exact) mass is 202 g/mol. The number of carboxylic acid groups (broad SMARTS) is 1. The summed E-state index contributed by atoms with van der Waals surface area (Å²) in [6.45, 7) is 0. The minimum Gasteiger partial charge on any atom is -0.480 e. The Morgan fingerprint density at radius 3 is 2.71 bits per heavy atom. The van der Waals surface area contributed by atoms with E-state index in [-0.39, 0.29) is 12.0 Å². The van der Waals surface area contributed by atoms with E-state index in [4.69, 9.17) is 10.8 Å². The summed E-state index contributed by atoms with van der Waals surface area (Å²) in [5.41, 5.74) is 5.16. The van der Waals surface area contributed by atoms with Gasteiger partial charge in [-0.05, 0) is 12.1 Å². The Morgan fingerprint density at radius 2 is 2.21 bits per heavy atom. The summed E-state index contributed by atoms with van der Waals surface area (Å²) >= 11 is 0. The Labute approximate surface area is 78.4 Å². The summed E-state index contributed by atoms with van der Waals surface area (Å²) in [6, 6.07) is 0.866. The van der Waals surface area contributed by atoms with E-state index in [2.05, 4.69) is 4.98 Å². The quantitative estimate of drug-likeness (QED) is 0.692. The van der Waals surface area contributed by atoms with Gasteiger partial charge in [0.2, 0.25) is 11.9 Å². The van der Waals surface area contributed by atoms with Crippen LogP contribution in [0, 0.1) is 11.9 Å². The van der Waals surface area contributed by atoms with Crippen LogP contribution in [0.5, 0.6) is 0 Å². The largest absolute Gasteiger partial charge is 0.480 e. The number of aromatic nitrogens is 1. The highest BCUT2D eigenvalue weighted by Gasteiger charge is 2.15. The molecule has 0 radical (unpaired) electrons. The molecule has 6 heteroatoms. The van der Waals surface area contributed by atoms with Crippen molar-refractivity contribution in [3.63, 3.8) is 0 Å². The van der Waals surface area contributed by atoms with Crippen molar-refractivity contribution in [3.05, 3.63) is 29.6 Å². The highest BCUT2D eigenvalue weighted by atomic mass is 19.1. The van der Waals surface area contributed by atoms with Crippen molar-refractivity contribution in [3.8, 4) is 0 Å². The maximum Gasteiger partial charge on any atom is 0.320 e. The van der Waals surface area contributed by atoms with Crippen molar-refractivity contribution in [1.82, 2.24) is 4.98 Å². The number of hydrogen-bond donors (Lipinski definition) is 2. The third-order valence-corrected chi connectivity index (χ3v) is 1.65. The highest BCUT2D eigenvalue weighted by Crippen LogP contribution is 2.07. The van der Waals surface area contributed by atoms with Crippen molar-refractivity contribution in [2.75, 3.05) is 0 Å². The van der Waals surface area contributed by atoms with Crippen LogP contribution >= 0.6 is 0 Å². The lowest BCUT2D eigenvalue weighted by atomic mass is 10.1. The standard InChI is InChI=1S/C8H8F2N2O2/c9-6-2-1-4(7(10)12-6)3-5(11)8(13)14/h1-2,5H,3,11H2,(H,13,14). The van der Waals surface area contributed by atoms with Gasteiger partial charge in [0.1, 0.15) is 6.04 Å². The van der Waals surface area contributed by atoms with Gasteiger partial charge in [0.15, 0.2) is 0 Å². The van der Waals surface area contributed by atoms with Crippen molar-refractivity contribution >= 4 is 5.97 Å². The fourth-order valence-corrected chi connectivity index (χ4v) is 0.917. The van der Waals surface area contributed by atoms with E-state index >= 15 is 0 Å². The third-order valence-electron chi connectivity index (χ3n) is 1.65. The van der Waals surface area contributed by atoms with Gasteiger partial charge in [0.25, 0.3) is 0 Å². The van der Waals surface area contributed by atoms with Gasteiger partial charge in [-0.15, -0.1) is 0 Å². The first-order valence-electron chi connectivity index (χ1n) is 3.80. The Bertz CT molecular complexity index is 357. The molecule has 0 aliphatic rings. The summed E-state index contributed by atoms with van der Waals surface area (Å²) in [5, 5.41) is 8.45. The molecule has 0 amide bonds. The van der Waals surface area contributed by atoms with Gasteiger partial charge in [-0.2, -0.15) is 13.8 Å². The number of rotatable bonds is 3. The number of carbonyl (C=O) groups is 1. The van der Waals surface area contributed by atoms with Gasteiger partial charge < -0.3 is 10.8 Å². The molecule has 0 aliphatic heterocycles. The Balaban J connectivity index is 2.82. The number of carboxylic acids is 1. The molecule has 76 valence electrons. The first-order chi connectivity index (χ1) is 6.50. The molecule has 1 aromatic heterocycles. The number of pyridine rings is 1. The lowest BCUT2D eigenvalue weighted by Gasteiger charge is -2.06. The van der Waals surface area contributed by atoms with E-state index in [0.717, 1.165) is 12.1 Å². The van der Waals surface area contributed by atoms with Crippen molar-refractivity contribution in [1.29, 1.82) is 0 Å². The van der Waals surface area contributed by atoms with E-state index in [0.29, 0.717) is 0 Å². The molecule has 0 saturated carbocycles. The zero-order valence-corrected chi connectivity index (χ0v) is 7.08. The van der Waals surface area contributed by atoms with Gasteiger partial charge in [-0.3, -0.25) is 4.79 Å². The lowest BCUT2D eigenvalue weighted by molar-refractivity contribution is -0.138. The van der Waals surface area contributed by atoms with Crippen molar-refractivity contribution < 1.29 is 18.7 Å². The van der Waals surface area contributed by atoms with E-state index in [1.54, 1.807) is 0 Å². The number of hydrogen-bond acceptors (Lipinski definition) is 3. The predicted molar refractivity (Wildman–Crippen MR) is 43.5 cm³/mol. The molecule has 0 saturated heterocycles. The minimum atomic E-state index is -1.24. The zero-order valence-electron chi connectivity index (χ0n) is 7.08. The average Bonchev–Trinajstić information content (AvgIpc) is 2.09. The summed E-state index contributed by atoms with van der Waals surface area (Å²) in [5.74, 6) is -3.22. The molecule has 0 fully saturated rings. The van der Waals surface area contributed by atoms with Crippen LogP contribution in [-0.2, 0) is 11.2 Å². The summed E-state index contributed by atoms with van der Waals surface area (Å²) in [4.78, 5) is 13.2. The molecule has 1 heterocycles. The van der Waals surface area contributed by atoms with Crippen LogP contribution in [0.4, 0.5) is 8.78 Å². The smallest absolute Gasteiger partial charge is 0.320 e. The first-order valence-corrected chi connectivity index (χ1v) is 3.80. The molecule has 1 unspecified atom stereocenters. The molecule has 14 heavy (non-hydrogen) atoms. The van der Waals surface area contributed by atoms with Crippen LogP contribution in [0.1, 0.15) is 5.56 Å². The van der Waals surface area contributed by atoms with Crippen molar-refractivity contribution in [2.24, 2.45) is 5.73 Å². The fraction of sp³-hybridized carbons (Fsp3) is 0.250.